The third kappa shape index (κ3) is 5.77. The summed E-state index contributed by atoms with van der Waals surface area (Å²) in [5, 5.41) is 10.3. The zero-order valence-electron chi connectivity index (χ0n) is 26.1. The normalized spacial score (nSPS) is 16.2. The number of rotatable bonds is 8. The van der Waals surface area contributed by atoms with Crippen LogP contribution in [-0.2, 0) is 0 Å². The Hall–Kier alpha value is -3.98. The van der Waals surface area contributed by atoms with Crippen LogP contribution in [0.5, 0.6) is 5.75 Å². The number of nitrogen functional groups attached to an aromatic ring is 1. The Balaban J connectivity index is 1.29. The number of fused-ring (bicyclic) bond motifs is 1. The van der Waals surface area contributed by atoms with E-state index in [0.29, 0.717) is 22.9 Å². The van der Waals surface area contributed by atoms with E-state index in [4.69, 9.17) is 15.6 Å². The number of amides is 1. The Kier molecular flexibility index (Phi) is 8.33. The van der Waals surface area contributed by atoms with E-state index in [1.54, 1.807) is 7.11 Å². The SMILES string of the molecule is COc1cc(N2CCC3(CC2)CN(C)C3)c(C)cc1Nc1ncc(C(=O)NN)c(Nc2ccc3ccccc3c2P(C)C)n1. The highest BCUT2D eigenvalue weighted by molar-refractivity contribution is 7.65. The highest BCUT2D eigenvalue weighted by atomic mass is 31.1. The summed E-state index contributed by atoms with van der Waals surface area (Å²) in [6.07, 6.45) is 3.90. The molecule has 0 aliphatic carbocycles. The average Bonchev–Trinajstić information content (AvgIpc) is 3.00. The summed E-state index contributed by atoms with van der Waals surface area (Å²) in [6.45, 7) is 11.1. The fraction of sp³-hybridized carbons (Fsp3) is 0.364. The molecule has 11 heteroatoms. The summed E-state index contributed by atoms with van der Waals surface area (Å²) in [5.74, 6) is 6.44. The van der Waals surface area contributed by atoms with Crippen molar-refractivity contribution in [1.29, 1.82) is 0 Å². The summed E-state index contributed by atoms with van der Waals surface area (Å²) in [6, 6.07) is 16.6. The number of ether oxygens (including phenoxy) is 1. The first-order chi connectivity index (χ1) is 21.2. The number of likely N-dealkylation sites (tertiary alicyclic amines) is 1. The van der Waals surface area contributed by atoms with Gasteiger partial charge in [-0.1, -0.05) is 38.3 Å². The lowest BCUT2D eigenvalue weighted by Crippen LogP contribution is -2.58. The van der Waals surface area contributed by atoms with Crippen molar-refractivity contribution in [3.05, 3.63) is 65.9 Å². The standard InChI is InChI=1S/C33H41N8O2P/c1-21-16-26(28(43-3)17-27(21)41-14-12-33(13-15-41)19-40(2)20-33)37-32-35-18-24(31(42)39-34)30(38-32)36-25-11-10-22-8-6-7-9-23(22)29(25)44(4)5/h6-11,16-18H,12-15,19-20,34H2,1-5H3,(H,39,42)(H2,35,36,37,38). The second-order valence-corrected chi connectivity index (χ2v) is 14.5. The summed E-state index contributed by atoms with van der Waals surface area (Å²) in [5.41, 5.74) is 6.93. The number of aromatic nitrogens is 2. The fourth-order valence-corrected chi connectivity index (χ4v) is 8.09. The maximum atomic E-state index is 12.7. The van der Waals surface area contributed by atoms with E-state index in [9.17, 15) is 4.79 Å². The molecular formula is C33H41N8O2P. The Bertz CT molecular complexity index is 1700. The van der Waals surface area contributed by atoms with Gasteiger partial charge in [-0.3, -0.25) is 10.2 Å². The van der Waals surface area contributed by atoms with Crippen LogP contribution < -0.4 is 36.8 Å². The third-order valence-electron chi connectivity index (χ3n) is 8.91. The summed E-state index contributed by atoms with van der Waals surface area (Å²) in [4.78, 5) is 26.8. The number of anilines is 5. The summed E-state index contributed by atoms with van der Waals surface area (Å²) >= 11 is 0. The van der Waals surface area contributed by atoms with Gasteiger partial charge in [0.25, 0.3) is 5.91 Å². The van der Waals surface area contributed by atoms with Crippen LogP contribution in [0.1, 0.15) is 28.8 Å². The van der Waals surface area contributed by atoms with Crippen molar-refractivity contribution in [3.8, 4) is 5.75 Å². The van der Waals surface area contributed by atoms with Gasteiger partial charge in [0.1, 0.15) is 17.1 Å². The minimum absolute atomic E-state index is 0.243. The van der Waals surface area contributed by atoms with Crippen molar-refractivity contribution in [2.45, 2.75) is 19.8 Å². The van der Waals surface area contributed by atoms with Gasteiger partial charge in [-0.2, -0.15) is 4.98 Å². The van der Waals surface area contributed by atoms with Crippen LogP contribution in [-0.4, -0.2) is 74.4 Å². The number of carbonyl (C=O) groups is 1. The van der Waals surface area contributed by atoms with Gasteiger partial charge in [0.15, 0.2) is 0 Å². The molecular weight excluding hydrogens is 571 g/mol. The van der Waals surface area contributed by atoms with Crippen molar-refractivity contribution < 1.29 is 9.53 Å². The maximum absolute atomic E-state index is 12.7. The van der Waals surface area contributed by atoms with Gasteiger partial charge >= 0.3 is 0 Å². The second-order valence-electron chi connectivity index (χ2n) is 12.3. The molecule has 1 spiro atoms. The number of nitrogens with one attached hydrogen (secondary N) is 3. The molecule has 1 amide bonds. The van der Waals surface area contributed by atoms with Crippen molar-refractivity contribution in [2.75, 3.05) is 69.2 Å². The second kappa shape index (κ2) is 12.2. The molecule has 10 nitrogen and oxygen atoms in total. The van der Waals surface area contributed by atoms with Crippen molar-refractivity contribution >= 4 is 58.7 Å². The van der Waals surface area contributed by atoms with Gasteiger partial charge in [0.05, 0.1) is 12.8 Å². The number of hydrogen-bond donors (Lipinski definition) is 4. The molecule has 2 aliphatic heterocycles. The molecule has 2 fully saturated rings. The van der Waals surface area contributed by atoms with Crippen molar-refractivity contribution in [2.24, 2.45) is 11.3 Å². The molecule has 5 N–H and O–H groups in total. The first kappa shape index (κ1) is 30.1. The molecule has 2 aliphatic rings. The minimum Gasteiger partial charge on any atom is -0.494 e. The lowest BCUT2D eigenvalue weighted by Gasteiger charge is -2.53. The van der Waals surface area contributed by atoms with Gasteiger partial charge < -0.3 is 25.2 Å². The van der Waals surface area contributed by atoms with E-state index in [0.717, 1.165) is 30.0 Å². The minimum atomic E-state index is -0.482. The predicted molar refractivity (Wildman–Crippen MR) is 182 cm³/mol. The number of nitrogens with zero attached hydrogens (tertiary/aromatic N) is 4. The number of benzene rings is 3. The first-order valence-corrected chi connectivity index (χ1v) is 17.2. The number of nitrogens with two attached hydrogens (primary N) is 1. The van der Waals surface area contributed by atoms with Crippen LogP contribution in [0.25, 0.3) is 10.8 Å². The Morgan fingerprint density at radius 2 is 1.80 bits per heavy atom. The predicted octanol–water partition coefficient (Wildman–Crippen LogP) is 4.94. The first-order valence-electron chi connectivity index (χ1n) is 14.9. The lowest BCUT2D eigenvalue weighted by molar-refractivity contribution is 0.00130. The van der Waals surface area contributed by atoms with Crippen LogP contribution in [0.2, 0.25) is 0 Å². The molecule has 3 aromatic carbocycles. The average molecular weight is 613 g/mol. The Morgan fingerprint density at radius 3 is 2.48 bits per heavy atom. The molecule has 0 atom stereocenters. The van der Waals surface area contributed by atoms with Crippen LogP contribution in [0.3, 0.4) is 0 Å². The van der Waals surface area contributed by atoms with Gasteiger partial charge in [-0.25, -0.2) is 10.8 Å². The lowest BCUT2D eigenvalue weighted by atomic mass is 9.72. The van der Waals surface area contributed by atoms with Crippen LogP contribution in [0, 0.1) is 12.3 Å². The van der Waals surface area contributed by atoms with E-state index in [2.05, 4.69) is 88.5 Å². The Labute approximate surface area is 260 Å². The number of methoxy groups -OCH3 is 1. The molecule has 4 aromatic rings. The molecule has 1 aromatic heterocycles. The van der Waals surface area contributed by atoms with E-state index in [-0.39, 0.29) is 5.56 Å². The number of hydrogen-bond acceptors (Lipinski definition) is 9. The Morgan fingerprint density at radius 1 is 1.05 bits per heavy atom. The fourth-order valence-electron chi connectivity index (χ4n) is 6.79. The van der Waals surface area contributed by atoms with Gasteiger partial charge in [0.2, 0.25) is 5.95 Å². The van der Waals surface area contributed by atoms with Gasteiger partial charge in [-0.15, -0.1) is 0 Å². The van der Waals surface area contributed by atoms with Crippen LogP contribution >= 0.6 is 7.92 Å². The number of carbonyl (C=O) groups excluding carboxylic acids is 1. The van der Waals surface area contributed by atoms with Crippen LogP contribution in [0.15, 0.2) is 54.7 Å². The van der Waals surface area contributed by atoms with Crippen molar-refractivity contribution in [3.63, 3.8) is 0 Å². The van der Waals surface area contributed by atoms with E-state index in [1.165, 1.54) is 53.9 Å². The smallest absolute Gasteiger partial charge is 0.270 e. The van der Waals surface area contributed by atoms with Crippen LogP contribution in [0.4, 0.5) is 28.8 Å². The highest BCUT2D eigenvalue weighted by Crippen LogP contribution is 2.43. The number of piperidine rings is 1. The molecule has 2 saturated heterocycles. The van der Waals surface area contributed by atoms with E-state index >= 15 is 0 Å². The zero-order chi connectivity index (χ0) is 31.0. The van der Waals surface area contributed by atoms with Gasteiger partial charge in [0, 0.05) is 55.1 Å². The zero-order valence-corrected chi connectivity index (χ0v) is 27.0. The molecule has 230 valence electrons. The molecule has 44 heavy (non-hydrogen) atoms. The monoisotopic (exact) mass is 612 g/mol. The molecule has 0 radical (unpaired) electrons. The third-order valence-corrected chi connectivity index (χ3v) is 10.3. The van der Waals surface area contributed by atoms with E-state index < -0.39 is 13.8 Å². The maximum Gasteiger partial charge on any atom is 0.270 e. The molecule has 0 bridgehead atoms. The topological polar surface area (TPSA) is 121 Å². The van der Waals surface area contributed by atoms with E-state index in [1.807, 2.05) is 18.2 Å². The molecule has 6 rings (SSSR count). The molecule has 0 unspecified atom stereocenters. The largest absolute Gasteiger partial charge is 0.494 e. The van der Waals surface area contributed by atoms with Gasteiger partial charge in [-0.05, 0) is 74.0 Å². The molecule has 3 heterocycles. The number of hydrazine groups is 1. The quantitative estimate of drug-likeness (QED) is 0.0950. The highest BCUT2D eigenvalue weighted by Gasteiger charge is 2.43. The number of aryl methyl sites for hydroxylation is 1. The van der Waals surface area contributed by atoms with Crippen molar-refractivity contribution in [1.82, 2.24) is 20.3 Å². The summed E-state index contributed by atoms with van der Waals surface area (Å²) < 4.78 is 5.83. The molecule has 0 saturated carbocycles. The summed E-state index contributed by atoms with van der Waals surface area (Å²) in [7, 11) is 3.39.